The molecule has 0 fully saturated rings. The monoisotopic (exact) mass is 355 g/mol. The lowest BCUT2D eigenvalue weighted by Gasteiger charge is -2.17. The summed E-state index contributed by atoms with van der Waals surface area (Å²) < 4.78 is 0. The Morgan fingerprint density at radius 3 is 2.04 bits per heavy atom. The van der Waals surface area contributed by atoms with Crippen LogP contribution >= 0.6 is 11.3 Å². The molecule has 2 heterocycles. The lowest BCUT2D eigenvalue weighted by Crippen LogP contribution is -2.19. The molecule has 0 saturated heterocycles. The highest BCUT2D eigenvalue weighted by Gasteiger charge is 2.18. The average Bonchev–Trinajstić information content (AvgIpc) is 3.10. The van der Waals surface area contributed by atoms with Gasteiger partial charge in [0.2, 0.25) is 11.9 Å². The second-order valence-electron chi connectivity index (χ2n) is 6.23. The van der Waals surface area contributed by atoms with Crippen LogP contribution in [0, 0.1) is 6.92 Å². The zero-order valence-corrected chi connectivity index (χ0v) is 15.8. The van der Waals surface area contributed by atoms with Crippen LogP contribution in [0.4, 0.5) is 11.9 Å². The molecule has 1 aromatic carbocycles. The summed E-state index contributed by atoms with van der Waals surface area (Å²) in [6, 6.07) is 7.84. The van der Waals surface area contributed by atoms with Crippen LogP contribution in [0.3, 0.4) is 0 Å². The maximum Gasteiger partial charge on any atom is 0.230 e. The molecule has 0 aliphatic heterocycles. The number of hydrogen-bond donors (Lipinski definition) is 1. The summed E-state index contributed by atoms with van der Waals surface area (Å²) in [5.74, 6) is 1.75. The van der Waals surface area contributed by atoms with Crippen molar-refractivity contribution in [1.29, 1.82) is 0 Å². The molecule has 130 valence electrons. The fourth-order valence-electron chi connectivity index (χ4n) is 2.44. The Kier molecular flexibility index (Phi) is 4.59. The van der Waals surface area contributed by atoms with E-state index in [1.807, 2.05) is 74.6 Å². The summed E-state index contributed by atoms with van der Waals surface area (Å²) in [6.07, 6.45) is 0. The molecule has 0 atom stereocenters. The van der Waals surface area contributed by atoms with E-state index in [1.54, 1.807) is 11.3 Å². The summed E-state index contributed by atoms with van der Waals surface area (Å²) in [6.45, 7) is 2.00. The number of rotatable bonds is 4. The molecule has 3 rings (SSSR count). The van der Waals surface area contributed by atoms with Crippen molar-refractivity contribution in [2.75, 3.05) is 38.0 Å². The minimum Gasteiger partial charge on any atom is -0.507 e. The van der Waals surface area contributed by atoms with Crippen LogP contribution in [0.15, 0.2) is 29.6 Å². The van der Waals surface area contributed by atoms with Crippen LogP contribution in [0.1, 0.15) is 5.56 Å². The topological polar surface area (TPSA) is 65.4 Å². The quantitative estimate of drug-likeness (QED) is 0.774. The van der Waals surface area contributed by atoms with Crippen LogP contribution in [-0.2, 0) is 0 Å². The van der Waals surface area contributed by atoms with Crippen molar-refractivity contribution in [3.8, 4) is 27.6 Å². The lowest BCUT2D eigenvalue weighted by molar-refractivity contribution is 0.479. The van der Waals surface area contributed by atoms with E-state index >= 15 is 0 Å². The molecule has 0 radical (unpaired) electrons. The van der Waals surface area contributed by atoms with Crippen molar-refractivity contribution in [1.82, 2.24) is 15.0 Å². The van der Waals surface area contributed by atoms with Crippen molar-refractivity contribution in [2.45, 2.75) is 6.92 Å². The molecule has 0 unspecified atom stereocenters. The van der Waals surface area contributed by atoms with Gasteiger partial charge in [0.25, 0.3) is 0 Å². The molecule has 0 aliphatic rings. The summed E-state index contributed by atoms with van der Waals surface area (Å²) >= 11 is 1.59. The Hall–Kier alpha value is -2.67. The van der Waals surface area contributed by atoms with E-state index in [2.05, 4.69) is 15.0 Å². The number of phenolic OH excluding ortho intramolecular Hbond substituents is 1. The summed E-state index contributed by atoms with van der Waals surface area (Å²) in [5, 5.41) is 12.9. The van der Waals surface area contributed by atoms with E-state index in [0.29, 0.717) is 23.3 Å². The van der Waals surface area contributed by atoms with Crippen LogP contribution in [0.5, 0.6) is 5.75 Å². The van der Waals surface area contributed by atoms with E-state index in [4.69, 9.17) is 0 Å². The Bertz CT molecular complexity index is 864. The Morgan fingerprint density at radius 2 is 1.52 bits per heavy atom. The number of phenols is 1. The molecular weight excluding hydrogens is 334 g/mol. The zero-order chi connectivity index (χ0) is 18.1. The molecule has 6 nitrogen and oxygen atoms in total. The number of aromatic nitrogens is 3. The number of thiophene rings is 1. The number of aryl methyl sites for hydroxylation is 1. The predicted molar refractivity (Wildman–Crippen MR) is 104 cm³/mol. The van der Waals surface area contributed by atoms with Gasteiger partial charge < -0.3 is 14.9 Å². The highest BCUT2D eigenvalue weighted by molar-refractivity contribution is 7.13. The highest BCUT2D eigenvalue weighted by Crippen LogP contribution is 2.40. The molecule has 3 aromatic rings. The van der Waals surface area contributed by atoms with Gasteiger partial charge in [-0.05, 0) is 36.1 Å². The maximum atomic E-state index is 10.9. The van der Waals surface area contributed by atoms with Gasteiger partial charge in [-0.3, -0.25) is 0 Å². The zero-order valence-electron chi connectivity index (χ0n) is 15.0. The number of benzene rings is 1. The van der Waals surface area contributed by atoms with Crippen LogP contribution < -0.4 is 9.80 Å². The number of hydrogen-bond acceptors (Lipinski definition) is 7. The van der Waals surface area contributed by atoms with Crippen molar-refractivity contribution >= 4 is 23.2 Å². The van der Waals surface area contributed by atoms with E-state index in [0.717, 1.165) is 16.0 Å². The molecule has 0 saturated carbocycles. The Morgan fingerprint density at radius 1 is 0.920 bits per heavy atom. The fourth-order valence-corrected chi connectivity index (χ4v) is 3.19. The smallest absolute Gasteiger partial charge is 0.230 e. The molecule has 0 bridgehead atoms. The third-order valence-electron chi connectivity index (χ3n) is 3.69. The van der Waals surface area contributed by atoms with Gasteiger partial charge in [0.1, 0.15) is 5.75 Å². The van der Waals surface area contributed by atoms with Gasteiger partial charge >= 0.3 is 0 Å². The van der Waals surface area contributed by atoms with Gasteiger partial charge in [0, 0.05) is 38.6 Å². The normalized spacial score (nSPS) is 10.8. The first kappa shape index (κ1) is 17.2. The summed E-state index contributed by atoms with van der Waals surface area (Å²) in [4.78, 5) is 18.2. The predicted octanol–water partition coefficient (Wildman–Crippen LogP) is 3.41. The van der Waals surface area contributed by atoms with Gasteiger partial charge in [-0.2, -0.15) is 15.0 Å². The van der Waals surface area contributed by atoms with Crippen molar-refractivity contribution in [2.24, 2.45) is 0 Å². The highest BCUT2D eigenvalue weighted by atomic mass is 32.1. The van der Waals surface area contributed by atoms with Crippen molar-refractivity contribution in [3.05, 3.63) is 35.2 Å². The maximum absolute atomic E-state index is 10.9. The standard InChI is InChI=1S/C18H21N5OS/c1-11-9-12(14-7-6-8-25-14)15(24)13(10-11)16-19-17(22(2)3)21-18(20-16)23(4)5/h6-10,24H,1-5H3. The second-order valence-corrected chi connectivity index (χ2v) is 7.18. The number of aromatic hydroxyl groups is 1. The summed E-state index contributed by atoms with van der Waals surface area (Å²) in [5.41, 5.74) is 2.44. The molecule has 2 aromatic heterocycles. The average molecular weight is 355 g/mol. The van der Waals surface area contributed by atoms with Crippen molar-refractivity contribution in [3.63, 3.8) is 0 Å². The van der Waals surface area contributed by atoms with Crippen LogP contribution in [-0.4, -0.2) is 48.2 Å². The summed E-state index contributed by atoms with van der Waals surface area (Å²) in [7, 11) is 7.52. The molecule has 0 amide bonds. The van der Waals surface area contributed by atoms with Gasteiger partial charge in [0.15, 0.2) is 5.82 Å². The lowest BCUT2D eigenvalue weighted by atomic mass is 10.0. The van der Waals surface area contributed by atoms with Gasteiger partial charge in [-0.25, -0.2) is 0 Å². The van der Waals surface area contributed by atoms with E-state index < -0.39 is 0 Å². The molecular formula is C18H21N5OS. The number of nitrogens with zero attached hydrogens (tertiary/aromatic N) is 5. The minimum atomic E-state index is 0.189. The molecule has 7 heteroatoms. The van der Waals surface area contributed by atoms with Crippen LogP contribution in [0.25, 0.3) is 21.8 Å². The Balaban J connectivity index is 2.23. The third-order valence-corrected chi connectivity index (χ3v) is 4.60. The third kappa shape index (κ3) is 3.41. The second kappa shape index (κ2) is 6.68. The van der Waals surface area contributed by atoms with E-state index in [1.165, 1.54) is 0 Å². The molecule has 1 N–H and O–H groups in total. The first-order valence-corrected chi connectivity index (χ1v) is 8.73. The Labute approximate surface area is 151 Å². The number of anilines is 2. The largest absolute Gasteiger partial charge is 0.507 e. The molecule has 25 heavy (non-hydrogen) atoms. The van der Waals surface area contributed by atoms with E-state index in [-0.39, 0.29) is 5.75 Å². The van der Waals surface area contributed by atoms with E-state index in [9.17, 15) is 5.11 Å². The van der Waals surface area contributed by atoms with Crippen molar-refractivity contribution < 1.29 is 5.11 Å². The SMILES string of the molecule is Cc1cc(-c2nc(N(C)C)nc(N(C)C)n2)c(O)c(-c2cccs2)c1. The van der Waals surface area contributed by atoms with Gasteiger partial charge in [-0.1, -0.05) is 6.07 Å². The first-order chi connectivity index (χ1) is 11.9. The first-order valence-electron chi connectivity index (χ1n) is 7.85. The minimum absolute atomic E-state index is 0.189. The van der Waals surface area contributed by atoms with Gasteiger partial charge in [0.05, 0.1) is 5.56 Å². The molecule has 0 spiro atoms. The molecule has 0 aliphatic carbocycles. The van der Waals surface area contributed by atoms with Crippen LogP contribution in [0.2, 0.25) is 0 Å². The van der Waals surface area contributed by atoms with Gasteiger partial charge in [-0.15, -0.1) is 11.3 Å². The fraction of sp³-hybridized carbons (Fsp3) is 0.278.